The van der Waals surface area contributed by atoms with Crippen molar-refractivity contribution in [1.82, 2.24) is 0 Å². The molecule has 0 heterocycles. The van der Waals surface area contributed by atoms with Gasteiger partial charge in [-0.2, -0.15) is 0 Å². The van der Waals surface area contributed by atoms with Crippen LogP contribution in [-0.4, -0.2) is 39.5 Å². The number of ketones is 1. The second kappa shape index (κ2) is 11.4. The van der Waals surface area contributed by atoms with Crippen molar-refractivity contribution in [2.24, 2.45) is 10.4 Å². The number of aliphatic hydroxyl groups excluding tert-OH is 1. The lowest BCUT2D eigenvalue weighted by Crippen LogP contribution is -2.32. The second-order valence-electron chi connectivity index (χ2n) is 10.4. The SMILES string of the molecule is CC(=N[C@@H](CSC(c1ccccc1)(c1ccccc1)c1ccccc1)C(=O)O)C1=C(O)CC(C)(C)CC1=O. The summed E-state index contributed by atoms with van der Waals surface area (Å²) >= 11 is 1.50. The first-order valence-corrected chi connectivity index (χ1v) is 13.7. The van der Waals surface area contributed by atoms with Crippen LogP contribution in [0, 0.1) is 5.41 Å². The molecule has 0 aromatic heterocycles. The largest absolute Gasteiger partial charge is 0.511 e. The molecule has 3 aromatic carbocycles. The van der Waals surface area contributed by atoms with Gasteiger partial charge in [0.05, 0.1) is 10.3 Å². The van der Waals surface area contributed by atoms with Gasteiger partial charge in [0, 0.05) is 24.3 Å². The summed E-state index contributed by atoms with van der Waals surface area (Å²) in [6.07, 6.45) is 0.636. The number of carboxylic acid groups (broad SMARTS) is 1. The highest BCUT2D eigenvalue weighted by Gasteiger charge is 2.39. The zero-order valence-corrected chi connectivity index (χ0v) is 22.7. The number of carbonyl (C=O) groups excluding carboxylic acids is 1. The van der Waals surface area contributed by atoms with Crippen LogP contribution in [0.1, 0.15) is 50.3 Å². The Hall–Kier alpha value is -3.64. The van der Waals surface area contributed by atoms with Gasteiger partial charge >= 0.3 is 5.97 Å². The Labute approximate surface area is 228 Å². The summed E-state index contributed by atoms with van der Waals surface area (Å²) in [6, 6.07) is 29.0. The summed E-state index contributed by atoms with van der Waals surface area (Å²) in [7, 11) is 0. The molecule has 0 unspecified atom stereocenters. The lowest BCUT2D eigenvalue weighted by molar-refractivity contribution is -0.137. The highest BCUT2D eigenvalue weighted by Crippen LogP contribution is 2.48. The van der Waals surface area contributed by atoms with Crippen molar-refractivity contribution in [2.45, 2.75) is 44.4 Å². The van der Waals surface area contributed by atoms with Crippen LogP contribution in [0.4, 0.5) is 0 Å². The van der Waals surface area contributed by atoms with Gasteiger partial charge in [-0.3, -0.25) is 9.79 Å². The fourth-order valence-electron chi connectivity index (χ4n) is 5.13. The molecule has 0 spiro atoms. The van der Waals surface area contributed by atoms with E-state index in [0.29, 0.717) is 6.42 Å². The average Bonchev–Trinajstić information content (AvgIpc) is 2.89. The normalized spacial score (nSPS) is 16.8. The van der Waals surface area contributed by atoms with Crippen molar-refractivity contribution in [1.29, 1.82) is 0 Å². The number of rotatable bonds is 9. The van der Waals surface area contributed by atoms with E-state index in [1.807, 2.05) is 68.4 Å². The molecule has 3 aromatic rings. The van der Waals surface area contributed by atoms with Gasteiger partial charge in [0.15, 0.2) is 11.8 Å². The minimum Gasteiger partial charge on any atom is -0.511 e. The molecule has 0 amide bonds. The Balaban J connectivity index is 1.77. The van der Waals surface area contributed by atoms with Crippen molar-refractivity contribution < 1.29 is 19.8 Å². The fraction of sp³-hybridized carbons (Fsp3) is 0.281. The van der Waals surface area contributed by atoms with Gasteiger partial charge in [-0.15, -0.1) is 11.8 Å². The molecule has 6 heteroatoms. The minimum atomic E-state index is -1.11. The average molecular weight is 528 g/mol. The summed E-state index contributed by atoms with van der Waals surface area (Å²) in [6.45, 7) is 5.47. The molecule has 5 nitrogen and oxygen atoms in total. The summed E-state index contributed by atoms with van der Waals surface area (Å²) in [4.78, 5) is 29.8. The Bertz CT molecular complexity index is 1250. The van der Waals surface area contributed by atoms with E-state index in [2.05, 4.69) is 41.4 Å². The van der Waals surface area contributed by atoms with E-state index in [1.165, 1.54) is 11.8 Å². The Morgan fingerprint density at radius 3 is 1.74 bits per heavy atom. The molecule has 1 aliphatic carbocycles. The van der Waals surface area contributed by atoms with E-state index in [4.69, 9.17) is 0 Å². The molecule has 0 fully saturated rings. The molecule has 1 aliphatic rings. The number of carboxylic acids is 1. The second-order valence-corrected chi connectivity index (χ2v) is 11.7. The number of thioether (sulfide) groups is 1. The van der Waals surface area contributed by atoms with Gasteiger partial charge < -0.3 is 10.2 Å². The summed E-state index contributed by atoms with van der Waals surface area (Å²) in [5.74, 6) is -1.15. The number of carbonyl (C=O) groups is 2. The summed E-state index contributed by atoms with van der Waals surface area (Å²) in [5, 5.41) is 20.8. The van der Waals surface area contributed by atoms with Crippen LogP contribution in [0.25, 0.3) is 0 Å². The van der Waals surface area contributed by atoms with Gasteiger partial charge in [-0.05, 0) is 29.0 Å². The molecular formula is C32H33NO4S. The van der Waals surface area contributed by atoms with Crippen LogP contribution in [0.3, 0.4) is 0 Å². The van der Waals surface area contributed by atoms with Crippen molar-refractivity contribution in [2.75, 3.05) is 5.75 Å². The van der Waals surface area contributed by atoms with Crippen LogP contribution in [0.2, 0.25) is 0 Å². The molecule has 0 saturated heterocycles. The fourth-order valence-corrected chi connectivity index (χ4v) is 6.67. The first kappa shape index (κ1) is 27.4. The highest BCUT2D eigenvalue weighted by molar-refractivity contribution is 8.00. The summed E-state index contributed by atoms with van der Waals surface area (Å²) < 4.78 is -0.688. The van der Waals surface area contributed by atoms with Gasteiger partial charge in [-0.25, -0.2) is 4.79 Å². The maximum absolute atomic E-state index is 12.8. The first-order chi connectivity index (χ1) is 18.1. The molecule has 0 saturated carbocycles. The van der Waals surface area contributed by atoms with E-state index in [1.54, 1.807) is 6.92 Å². The number of aliphatic carboxylic acids is 1. The lowest BCUT2D eigenvalue weighted by atomic mass is 9.76. The number of benzene rings is 3. The third-order valence-electron chi connectivity index (χ3n) is 6.85. The number of Topliss-reactive ketones (excluding diaryl/α,β-unsaturated/α-hetero) is 1. The van der Waals surface area contributed by atoms with E-state index in [-0.39, 0.29) is 40.4 Å². The predicted octanol–water partition coefficient (Wildman–Crippen LogP) is 6.83. The van der Waals surface area contributed by atoms with E-state index < -0.39 is 16.8 Å². The molecular weight excluding hydrogens is 494 g/mol. The maximum atomic E-state index is 12.8. The quantitative estimate of drug-likeness (QED) is 0.235. The number of aliphatic hydroxyl groups is 1. The first-order valence-electron chi connectivity index (χ1n) is 12.7. The highest BCUT2D eigenvalue weighted by atomic mass is 32.2. The van der Waals surface area contributed by atoms with Gasteiger partial charge in [-0.1, -0.05) is 105 Å². The van der Waals surface area contributed by atoms with Crippen molar-refractivity contribution in [3.63, 3.8) is 0 Å². The smallest absolute Gasteiger partial charge is 0.329 e. The third kappa shape index (κ3) is 5.76. The topological polar surface area (TPSA) is 87.0 Å². The van der Waals surface area contributed by atoms with Crippen LogP contribution >= 0.6 is 11.8 Å². The van der Waals surface area contributed by atoms with Crippen molar-refractivity contribution in [3.8, 4) is 0 Å². The monoisotopic (exact) mass is 527 g/mol. The standard InChI is InChI=1S/C32H33NO4S/c1-22(29-27(34)19-31(2,3)20-28(29)35)33-26(30(36)37)21-38-32(23-13-7-4-8-14-23,24-15-9-5-10-16-24)25-17-11-6-12-18-25/h4-18,26,34H,19-21H2,1-3H3,(H,36,37)/t26-/m0/s1. The molecule has 38 heavy (non-hydrogen) atoms. The number of aliphatic imine (C=N–C) groups is 1. The van der Waals surface area contributed by atoms with Gasteiger partial charge in [0.2, 0.25) is 0 Å². The molecule has 2 N–H and O–H groups in total. The van der Waals surface area contributed by atoms with Crippen LogP contribution in [-0.2, 0) is 14.3 Å². The van der Waals surface area contributed by atoms with Gasteiger partial charge in [0.1, 0.15) is 5.76 Å². The molecule has 4 rings (SSSR count). The number of nitrogens with zero attached hydrogens (tertiary/aromatic N) is 1. The lowest BCUT2D eigenvalue weighted by Gasteiger charge is -2.36. The Kier molecular flexibility index (Phi) is 8.22. The molecule has 1 atom stereocenters. The summed E-state index contributed by atoms with van der Waals surface area (Å²) in [5.41, 5.74) is 3.15. The predicted molar refractivity (Wildman–Crippen MR) is 154 cm³/mol. The van der Waals surface area contributed by atoms with Crippen LogP contribution in [0.15, 0.2) is 107 Å². The zero-order chi connectivity index (χ0) is 27.3. The van der Waals surface area contributed by atoms with E-state index in [9.17, 15) is 19.8 Å². The number of allylic oxidation sites excluding steroid dienone is 2. The number of hydrogen-bond acceptors (Lipinski definition) is 5. The van der Waals surface area contributed by atoms with Crippen LogP contribution < -0.4 is 0 Å². The number of hydrogen-bond donors (Lipinski definition) is 2. The molecule has 0 aliphatic heterocycles. The minimum absolute atomic E-state index is 0.0171. The van der Waals surface area contributed by atoms with Gasteiger partial charge in [0.25, 0.3) is 0 Å². The van der Waals surface area contributed by atoms with Crippen LogP contribution in [0.5, 0.6) is 0 Å². The molecule has 196 valence electrons. The third-order valence-corrected chi connectivity index (χ3v) is 8.47. The Morgan fingerprint density at radius 1 is 0.895 bits per heavy atom. The molecule has 0 bridgehead atoms. The van der Waals surface area contributed by atoms with Crippen molar-refractivity contribution in [3.05, 3.63) is 119 Å². The Morgan fingerprint density at radius 2 is 1.34 bits per heavy atom. The molecule has 0 radical (unpaired) electrons. The van der Waals surface area contributed by atoms with Crippen molar-refractivity contribution >= 4 is 29.2 Å². The van der Waals surface area contributed by atoms with E-state index in [0.717, 1.165) is 16.7 Å². The zero-order valence-electron chi connectivity index (χ0n) is 21.9. The maximum Gasteiger partial charge on any atom is 0.329 e. The van der Waals surface area contributed by atoms with E-state index >= 15 is 0 Å².